The summed E-state index contributed by atoms with van der Waals surface area (Å²) in [5.41, 5.74) is 4.00. The fourth-order valence-electron chi connectivity index (χ4n) is 3.58. The minimum atomic E-state index is -0.494. The Hall–Kier alpha value is -3.93. The maximum atomic E-state index is 12.9. The highest BCUT2D eigenvalue weighted by Crippen LogP contribution is 2.19. The van der Waals surface area contributed by atoms with E-state index in [0.29, 0.717) is 16.9 Å². The van der Waals surface area contributed by atoms with Crippen LogP contribution < -0.4 is 11.4 Å². The molecule has 0 saturated carbocycles. The quantitative estimate of drug-likeness (QED) is 0.518. The predicted molar refractivity (Wildman–Crippen MR) is 115 cm³/mol. The highest BCUT2D eigenvalue weighted by atomic mass is 16.2. The van der Waals surface area contributed by atoms with Crippen molar-refractivity contribution in [1.29, 1.82) is 0 Å². The molecule has 0 unspecified atom stereocenters. The molecule has 29 heavy (non-hydrogen) atoms. The Balaban J connectivity index is 0.00000218. The second-order valence-electron chi connectivity index (χ2n) is 7.16. The number of aryl methyl sites for hydroxylation is 1. The van der Waals surface area contributed by atoms with Crippen LogP contribution in [0.1, 0.15) is 18.1 Å². The lowest BCUT2D eigenvalue weighted by molar-refractivity contribution is 0.827. The van der Waals surface area contributed by atoms with E-state index in [1.54, 1.807) is 0 Å². The van der Waals surface area contributed by atoms with E-state index in [1.165, 1.54) is 10.2 Å². The number of nitrogens with one attached hydrogen (secondary N) is 1. The minimum absolute atomic E-state index is 0. The van der Waals surface area contributed by atoms with Gasteiger partial charge in [0.1, 0.15) is 0 Å². The topological polar surface area (TPSA) is 72.2 Å². The van der Waals surface area contributed by atoms with Crippen molar-refractivity contribution in [3.8, 4) is 5.69 Å². The average Bonchev–Trinajstić information content (AvgIpc) is 3.08. The number of nitrogens with zero attached hydrogens (tertiary/aromatic N) is 3. The molecule has 0 radical (unpaired) electrons. The monoisotopic (exact) mass is 384 g/mol. The number of hydrogen-bond acceptors (Lipinski definition) is 3. The van der Waals surface area contributed by atoms with E-state index in [-0.39, 0.29) is 1.43 Å². The number of fused-ring (bicyclic) bond motifs is 3. The molecule has 144 valence electrons. The lowest BCUT2D eigenvalue weighted by Crippen LogP contribution is -2.29. The van der Waals surface area contributed by atoms with Crippen LogP contribution in [-0.2, 0) is 6.42 Å². The first-order valence-electron chi connectivity index (χ1n) is 9.38. The van der Waals surface area contributed by atoms with E-state index in [1.807, 2.05) is 67.6 Å². The van der Waals surface area contributed by atoms with E-state index in [0.717, 1.165) is 27.3 Å². The second kappa shape index (κ2) is 6.60. The van der Waals surface area contributed by atoms with Gasteiger partial charge in [-0.25, -0.2) is 9.59 Å². The molecule has 2 aromatic heterocycles. The van der Waals surface area contributed by atoms with Crippen molar-refractivity contribution in [2.75, 3.05) is 0 Å². The van der Waals surface area contributed by atoms with Crippen LogP contribution in [-0.4, -0.2) is 19.2 Å². The van der Waals surface area contributed by atoms with Crippen molar-refractivity contribution >= 4 is 16.6 Å². The Morgan fingerprint density at radius 2 is 1.69 bits per heavy atom. The van der Waals surface area contributed by atoms with E-state index < -0.39 is 11.4 Å². The summed E-state index contributed by atoms with van der Waals surface area (Å²) in [5, 5.41) is 5.23. The number of hydrogen-bond donors (Lipinski definition) is 1. The van der Waals surface area contributed by atoms with Crippen LogP contribution in [0.15, 0.2) is 82.4 Å². The van der Waals surface area contributed by atoms with Gasteiger partial charge in [-0.2, -0.15) is 9.08 Å². The molecule has 0 spiro atoms. The molecule has 3 aromatic carbocycles. The molecule has 6 nitrogen and oxygen atoms in total. The van der Waals surface area contributed by atoms with Gasteiger partial charge in [0, 0.05) is 6.81 Å². The predicted octanol–water partition coefficient (Wildman–Crippen LogP) is 3.47. The zero-order valence-corrected chi connectivity index (χ0v) is 15.8. The highest BCUT2D eigenvalue weighted by molar-refractivity contribution is 5.91. The lowest BCUT2D eigenvalue weighted by Gasteiger charge is -2.05. The molecule has 0 bridgehead atoms. The Labute approximate surface area is 167 Å². The SMILES string of the molecule is Cc1ccc(-n2nc3c4cc(Cc5ccccc5)ccc4[nH]c(=O)n3c2=O)cc1.[HH]. The third-order valence-corrected chi connectivity index (χ3v) is 5.08. The fourth-order valence-corrected chi connectivity index (χ4v) is 3.58. The van der Waals surface area contributed by atoms with Gasteiger partial charge in [0.25, 0.3) is 0 Å². The molecule has 0 aliphatic heterocycles. The van der Waals surface area contributed by atoms with E-state index in [9.17, 15) is 9.59 Å². The maximum Gasteiger partial charge on any atom is 0.359 e. The van der Waals surface area contributed by atoms with Crippen LogP contribution in [0, 0.1) is 6.92 Å². The highest BCUT2D eigenvalue weighted by Gasteiger charge is 2.15. The summed E-state index contributed by atoms with van der Waals surface area (Å²) in [4.78, 5) is 28.2. The van der Waals surface area contributed by atoms with Crippen molar-refractivity contribution in [2.24, 2.45) is 0 Å². The molecule has 0 fully saturated rings. The van der Waals surface area contributed by atoms with Crippen LogP contribution in [0.5, 0.6) is 0 Å². The number of aromatic nitrogens is 4. The summed E-state index contributed by atoms with van der Waals surface area (Å²) in [6.07, 6.45) is 0.755. The fraction of sp³-hybridized carbons (Fsp3) is 0.0870. The van der Waals surface area contributed by atoms with Gasteiger partial charge in [0.15, 0.2) is 5.65 Å². The Bertz CT molecular complexity index is 1470. The lowest BCUT2D eigenvalue weighted by atomic mass is 10.0. The Morgan fingerprint density at radius 1 is 0.931 bits per heavy atom. The van der Waals surface area contributed by atoms with Crippen molar-refractivity contribution in [3.05, 3.63) is 110 Å². The number of aromatic amines is 1. The summed E-state index contributed by atoms with van der Waals surface area (Å²) < 4.78 is 2.36. The largest absolute Gasteiger partial charge is 0.359 e. The van der Waals surface area contributed by atoms with Crippen LogP contribution in [0.25, 0.3) is 22.2 Å². The zero-order valence-electron chi connectivity index (χ0n) is 15.8. The first-order chi connectivity index (χ1) is 14.1. The van der Waals surface area contributed by atoms with E-state index in [2.05, 4.69) is 22.2 Å². The summed E-state index contributed by atoms with van der Waals surface area (Å²) in [6.45, 7) is 1.97. The van der Waals surface area contributed by atoms with E-state index >= 15 is 0 Å². The average molecular weight is 384 g/mol. The summed E-state index contributed by atoms with van der Waals surface area (Å²) in [7, 11) is 0. The zero-order chi connectivity index (χ0) is 20.0. The molecule has 0 saturated heterocycles. The van der Waals surface area contributed by atoms with Crippen molar-refractivity contribution in [3.63, 3.8) is 0 Å². The van der Waals surface area contributed by atoms with Crippen LogP contribution in [0.2, 0.25) is 0 Å². The standard InChI is InChI=1S/C23H18N4O2.H2/c1-15-7-10-18(11-8-15)27-23(29)26-21(25-27)19-14-17(9-12-20(19)24-22(26)28)13-16-5-3-2-4-6-16;/h2-12,14H,13H2,1H3,(H,24,28);1H. The summed E-state index contributed by atoms with van der Waals surface area (Å²) >= 11 is 0. The molecule has 0 aliphatic rings. The molecule has 6 heteroatoms. The smallest absolute Gasteiger partial charge is 0.306 e. The first kappa shape index (κ1) is 17.2. The summed E-state index contributed by atoms with van der Waals surface area (Å²) in [6, 6.07) is 23.4. The molecular formula is C23H20N4O2. The van der Waals surface area contributed by atoms with Gasteiger partial charge in [0.2, 0.25) is 0 Å². The van der Waals surface area contributed by atoms with Crippen LogP contribution in [0.4, 0.5) is 0 Å². The number of benzene rings is 3. The minimum Gasteiger partial charge on any atom is -0.306 e. The molecule has 2 heterocycles. The third-order valence-electron chi connectivity index (χ3n) is 5.08. The van der Waals surface area contributed by atoms with Gasteiger partial charge in [-0.15, -0.1) is 5.10 Å². The number of H-pyrrole nitrogens is 1. The van der Waals surface area contributed by atoms with E-state index in [4.69, 9.17) is 0 Å². The van der Waals surface area contributed by atoms with Crippen molar-refractivity contribution in [1.82, 2.24) is 19.2 Å². The van der Waals surface area contributed by atoms with Crippen LogP contribution >= 0.6 is 0 Å². The Morgan fingerprint density at radius 3 is 2.45 bits per heavy atom. The van der Waals surface area contributed by atoms with Crippen LogP contribution in [0.3, 0.4) is 0 Å². The van der Waals surface area contributed by atoms with Gasteiger partial charge in [-0.3, -0.25) is 0 Å². The molecular weight excluding hydrogens is 364 g/mol. The molecule has 0 atom stereocenters. The Kier molecular flexibility index (Phi) is 3.91. The van der Waals surface area contributed by atoms with Gasteiger partial charge in [0.05, 0.1) is 11.2 Å². The van der Waals surface area contributed by atoms with Gasteiger partial charge in [-0.05, 0) is 48.7 Å². The van der Waals surface area contributed by atoms with Crippen molar-refractivity contribution < 1.29 is 1.43 Å². The molecule has 5 rings (SSSR count). The van der Waals surface area contributed by atoms with Crippen molar-refractivity contribution in [2.45, 2.75) is 13.3 Å². The molecule has 0 aliphatic carbocycles. The molecule has 5 aromatic rings. The normalized spacial score (nSPS) is 11.3. The number of rotatable bonds is 3. The van der Waals surface area contributed by atoms with Gasteiger partial charge < -0.3 is 4.98 Å². The molecule has 1 N–H and O–H groups in total. The summed E-state index contributed by atoms with van der Waals surface area (Å²) in [5.74, 6) is 0. The third kappa shape index (κ3) is 2.95. The maximum absolute atomic E-state index is 12.9. The first-order valence-corrected chi connectivity index (χ1v) is 9.38. The van der Waals surface area contributed by atoms with Gasteiger partial charge in [-0.1, -0.05) is 54.1 Å². The second-order valence-corrected chi connectivity index (χ2v) is 7.16. The van der Waals surface area contributed by atoms with Gasteiger partial charge >= 0.3 is 11.4 Å². The molecule has 0 amide bonds.